The fourth-order valence-electron chi connectivity index (χ4n) is 1.81. The number of nitrogens with zero attached hydrogens (tertiary/aromatic N) is 2. The van der Waals surface area contributed by atoms with E-state index in [1.807, 2.05) is 6.07 Å². The number of nitrogens with two attached hydrogens (primary N) is 1. The molecule has 5 heteroatoms. The first kappa shape index (κ1) is 10.2. The van der Waals surface area contributed by atoms with Crippen LogP contribution in [-0.2, 0) is 18.0 Å². The van der Waals surface area contributed by atoms with Gasteiger partial charge in [-0.1, -0.05) is 12.1 Å². The summed E-state index contributed by atoms with van der Waals surface area (Å²) in [5.41, 5.74) is 3.31. The highest BCUT2D eigenvalue weighted by Crippen LogP contribution is 2.25. The molecule has 0 saturated carbocycles. The Labute approximate surface area is 90.9 Å². The van der Waals surface area contributed by atoms with Crippen LogP contribution >= 0.6 is 0 Å². The van der Waals surface area contributed by atoms with Gasteiger partial charge in [0, 0.05) is 5.56 Å². The van der Waals surface area contributed by atoms with Crippen molar-refractivity contribution in [3.63, 3.8) is 0 Å². The zero-order valence-corrected chi connectivity index (χ0v) is 8.75. The molecule has 0 bridgehead atoms. The fourth-order valence-corrected chi connectivity index (χ4v) is 2.22. The van der Waals surface area contributed by atoms with Gasteiger partial charge in [-0.15, -0.1) is 5.14 Å². The summed E-state index contributed by atoms with van der Waals surface area (Å²) in [4.78, 5) is 0. The van der Waals surface area contributed by atoms with Gasteiger partial charge in [-0.25, -0.2) is 0 Å². The second kappa shape index (κ2) is 4.03. The van der Waals surface area contributed by atoms with E-state index in [-0.39, 0.29) is 0 Å². The lowest BCUT2D eigenvalue weighted by Gasteiger charge is -2.00. The molecule has 0 aliphatic heterocycles. The van der Waals surface area contributed by atoms with Crippen LogP contribution < -0.4 is 5.14 Å². The number of nitriles is 1. The van der Waals surface area contributed by atoms with Crippen LogP contribution in [0.2, 0.25) is 0 Å². The zero-order chi connectivity index (χ0) is 10.8. The van der Waals surface area contributed by atoms with E-state index in [9.17, 15) is 4.55 Å². The SMILES string of the molecule is N#Cc1cccc2c1CCC2=N[S+](N)[O-]. The minimum Gasteiger partial charge on any atom is -0.572 e. The van der Waals surface area contributed by atoms with Gasteiger partial charge in [-0.3, -0.25) is 0 Å². The maximum atomic E-state index is 10.8. The molecule has 0 aromatic heterocycles. The predicted molar refractivity (Wildman–Crippen MR) is 58.3 cm³/mol. The van der Waals surface area contributed by atoms with Crippen molar-refractivity contribution >= 4 is 17.3 Å². The third-order valence-corrected chi connectivity index (χ3v) is 2.82. The Kier molecular flexibility index (Phi) is 2.73. The molecule has 1 aliphatic rings. The van der Waals surface area contributed by atoms with Crippen molar-refractivity contribution in [2.24, 2.45) is 9.54 Å². The Morgan fingerprint density at radius 1 is 1.47 bits per heavy atom. The Morgan fingerprint density at radius 2 is 2.27 bits per heavy atom. The number of benzene rings is 1. The van der Waals surface area contributed by atoms with E-state index in [2.05, 4.69) is 10.5 Å². The average molecular weight is 219 g/mol. The van der Waals surface area contributed by atoms with Gasteiger partial charge in [-0.2, -0.15) is 5.26 Å². The molecule has 4 nitrogen and oxygen atoms in total. The molecular weight excluding hydrogens is 210 g/mol. The van der Waals surface area contributed by atoms with E-state index in [0.29, 0.717) is 12.0 Å². The molecule has 1 aromatic rings. The van der Waals surface area contributed by atoms with Crippen LogP contribution in [-0.4, -0.2) is 10.3 Å². The van der Waals surface area contributed by atoms with E-state index < -0.39 is 11.5 Å². The Hall–Kier alpha value is -1.35. The molecule has 2 rings (SSSR count). The van der Waals surface area contributed by atoms with Gasteiger partial charge < -0.3 is 4.55 Å². The molecule has 0 heterocycles. The van der Waals surface area contributed by atoms with Gasteiger partial charge in [0.2, 0.25) is 0 Å². The molecule has 0 amide bonds. The number of hydrogen-bond acceptors (Lipinski definition) is 4. The minimum atomic E-state index is -1.67. The molecule has 0 fully saturated rings. The molecular formula is C10H9N3OS. The quantitative estimate of drug-likeness (QED) is 0.710. The van der Waals surface area contributed by atoms with Gasteiger partial charge in [0.25, 0.3) is 0 Å². The lowest BCUT2D eigenvalue weighted by Crippen LogP contribution is -2.11. The Balaban J connectivity index is 2.49. The average Bonchev–Trinajstić information content (AvgIpc) is 2.61. The first-order valence-electron chi connectivity index (χ1n) is 4.48. The molecule has 15 heavy (non-hydrogen) atoms. The lowest BCUT2D eigenvalue weighted by molar-refractivity contribution is 0.598. The summed E-state index contributed by atoms with van der Waals surface area (Å²) >= 11 is -1.67. The maximum Gasteiger partial charge on any atom is 0.188 e. The molecule has 1 aliphatic carbocycles. The van der Waals surface area contributed by atoms with Crippen molar-refractivity contribution in [2.75, 3.05) is 0 Å². The predicted octanol–water partition coefficient (Wildman–Crippen LogP) is 0.831. The highest BCUT2D eigenvalue weighted by molar-refractivity contribution is 7.88. The van der Waals surface area contributed by atoms with Crippen LogP contribution in [0.4, 0.5) is 0 Å². The Morgan fingerprint density at radius 3 is 2.93 bits per heavy atom. The van der Waals surface area contributed by atoms with Crippen molar-refractivity contribution in [2.45, 2.75) is 12.8 Å². The summed E-state index contributed by atoms with van der Waals surface area (Å²) in [7, 11) is 0. The van der Waals surface area contributed by atoms with Crippen LogP contribution in [0.3, 0.4) is 0 Å². The van der Waals surface area contributed by atoms with Gasteiger partial charge in [0.1, 0.15) is 5.71 Å². The summed E-state index contributed by atoms with van der Waals surface area (Å²) in [6.07, 6.45) is 1.48. The third-order valence-electron chi connectivity index (χ3n) is 2.42. The van der Waals surface area contributed by atoms with Crippen LogP contribution in [0.15, 0.2) is 22.6 Å². The molecule has 1 unspecified atom stereocenters. The zero-order valence-electron chi connectivity index (χ0n) is 7.93. The lowest BCUT2D eigenvalue weighted by atomic mass is 10.0. The highest BCUT2D eigenvalue weighted by Gasteiger charge is 2.22. The van der Waals surface area contributed by atoms with Crippen LogP contribution in [0, 0.1) is 11.3 Å². The molecule has 76 valence electrons. The summed E-state index contributed by atoms with van der Waals surface area (Å²) in [6, 6.07) is 7.61. The second-order valence-electron chi connectivity index (χ2n) is 3.26. The van der Waals surface area contributed by atoms with Crippen LogP contribution in [0.25, 0.3) is 0 Å². The summed E-state index contributed by atoms with van der Waals surface area (Å²) in [6.45, 7) is 0. The van der Waals surface area contributed by atoms with Crippen molar-refractivity contribution in [3.05, 3.63) is 34.9 Å². The summed E-state index contributed by atoms with van der Waals surface area (Å²) in [5, 5.41) is 14.0. The topological polar surface area (TPSA) is 85.2 Å². The number of rotatable bonds is 1. The minimum absolute atomic E-state index is 0.667. The van der Waals surface area contributed by atoms with Crippen molar-refractivity contribution in [1.82, 2.24) is 0 Å². The second-order valence-corrected chi connectivity index (χ2v) is 3.99. The molecule has 2 N–H and O–H groups in total. The van der Waals surface area contributed by atoms with E-state index in [0.717, 1.165) is 23.3 Å². The number of hydrogen-bond donors (Lipinski definition) is 1. The third kappa shape index (κ3) is 1.88. The summed E-state index contributed by atoms with van der Waals surface area (Å²) in [5.74, 6) is 0. The molecule has 0 radical (unpaired) electrons. The smallest absolute Gasteiger partial charge is 0.188 e. The standard InChI is InChI=1S/C10H9N3OS/c11-6-7-2-1-3-9-8(7)4-5-10(9)13-15(12)14/h1-3H,4-5,12H2. The summed E-state index contributed by atoms with van der Waals surface area (Å²) < 4.78 is 14.7. The van der Waals surface area contributed by atoms with Crippen molar-refractivity contribution < 1.29 is 4.55 Å². The van der Waals surface area contributed by atoms with E-state index in [1.165, 1.54) is 0 Å². The van der Waals surface area contributed by atoms with E-state index in [4.69, 9.17) is 10.4 Å². The molecule has 0 saturated heterocycles. The fraction of sp³-hybridized carbons (Fsp3) is 0.200. The van der Waals surface area contributed by atoms with E-state index >= 15 is 0 Å². The molecule has 1 aromatic carbocycles. The van der Waals surface area contributed by atoms with E-state index in [1.54, 1.807) is 12.1 Å². The first-order chi connectivity index (χ1) is 7.22. The largest absolute Gasteiger partial charge is 0.572 e. The maximum absolute atomic E-state index is 10.8. The highest BCUT2D eigenvalue weighted by atomic mass is 32.2. The van der Waals surface area contributed by atoms with Gasteiger partial charge in [0.05, 0.1) is 11.6 Å². The van der Waals surface area contributed by atoms with Crippen LogP contribution in [0.1, 0.15) is 23.1 Å². The number of fused-ring (bicyclic) bond motifs is 1. The normalized spacial score (nSPS) is 18.6. The molecule has 0 spiro atoms. The van der Waals surface area contributed by atoms with Crippen molar-refractivity contribution in [1.29, 1.82) is 5.26 Å². The molecule has 1 atom stereocenters. The van der Waals surface area contributed by atoms with Crippen molar-refractivity contribution in [3.8, 4) is 6.07 Å². The van der Waals surface area contributed by atoms with Gasteiger partial charge in [-0.05, 0) is 28.9 Å². The van der Waals surface area contributed by atoms with Gasteiger partial charge in [0.15, 0.2) is 11.5 Å². The van der Waals surface area contributed by atoms with Gasteiger partial charge >= 0.3 is 0 Å². The first-order valence-corrected chi connectivity index (χ1v) is 5.65. The monoisotopic (exact) mass is 219 g/mol. The Bertz CT molecular complexity index is 462. The van der Waals surface area contributed by atoms with Crippen LogP contribution in [0.5, 0.6) is 0 Å².